The van der Waals surface area contributed by atoms with Crippen LogP contribution in [0, 0.1) is 12.7 Å². The molecule has 0 fully saturated rings. The van der Waals surface area contributed by atoms with Crippen molar-refractivity contribution >= 4 is 5.91 Å². The molecular weight excluding hydrogens is 207 g/mol. The first-order valence-electron chi connectivity index (χ1n) is 4.83. The second kappa shape index (κ2) is 3.81. The van der Waals surface area contributed by atoms with E-state index in [-0.39, 0.29) is 5.56 Å². The molecule has 1 aromatic heterocycles. The number of primary amides is 1. The predicted octanol–water partition coefficient (Wildman–Crippen LogP) is 2.23. The van der Waals surface area contributed by atoms with Crippen molar-refractivity contribution in [1.29, 1.82) is 0 Å². The Morgan fingerprint density at radius 3 is 2.75 bits per heavy atom. The molecule has 0 unspecified atom stereocenters. The minimum atomic E-state index is -0.621. The van der Waals surface area contributed by atoms with Crippen molar-refractivity contribution in [3.05, 3.63) is 47.4 Å². The standard InChI is InChI=1S/C12H11FN2O/c1-7-9(11-3-2-4-15-11)5-8(13)6-10(7)12(14)16/h2-6,15H,1H3,(H2,14,16). The molecule has 4 heteroatoms. The zero-order chi connectivity index (χ0) is 11.7. The van der Waals surface area contributed by atoms with Gasteiger partial charge in [-0.05, 0) is 36.8 Å². The molecule has 0 aliphatic carbocycles. The van der Waals surface area contributed by atoms with E-state index in [1.807, 2.05) is 12.1 Å². The van der Waals surface area contributed by atoms with Gasteiger partial charge in [0.05, 0.1) is 0 Å². The summed E-state index contributed by atoms with van der Waals surface area (Å²) in [6, 6.07) is 6.16. The van der Waals surface area contributed by atoms with Crippen molar-refractivity contribution in [1.82, 2.24) is 4.98 Å². The lowest BCUT2D eigenvalue weighted by molar-refractivity contribution is 0.0999. The molecule has 3 N–H and O–H groups in total. The van der Waals surface area contributed by atoms with Crippen LogP contribution in [0.4, 0.5) is 4.39 Å². The summed E-state index contributed by atoms with van der Waals surface area (Å²) >= 11 is 0. The molecule has 1 heterocycles. The molecule has 0 radical (unpaired) electrons. The van der Waals surface area contributed by atoms with Crippen molar-refractivity contribution < 1.29 is 9.18 Å². The number of aromatic nitrogens is 1. The van der Waals surface area contributed by atoms with Crippen LogP contribution in [0.5, 0.6) is 0 Å². The van der Waals surface area contributed by atoms with Gasteiger partial charge in [-0.15, -0.1) is 0 Å². The smallest absolute Gasteiger partial charge is 0.249 e. The van der Waals surface area contributed by atoms with E-state index >= 15 is 0 Å². The lowest BCUT2D eigenvalue weighted by atomic mass is 9.99. The van der Waals surface area contributed by atoms with Gasteiger partial charge in [0, 0.05) is 23.0 Å². The molecule has 3 nitrogen and oxygen atoms in total. The highest BCUT2D eigenvalue weighted by molar-refractivity contribution is 5.96. The zero-order valence-corrected chi connectivity index (χ0v) is 8.75. The molecule has 2 rings (SSSR count). The van der Waals surface area contributed by atoms with Gasteiger partial charge in [0.15, 0.2) is 0 Å². The second-order valence-corrected chi connectivity index (χ2v) is 3.57. The maximum Gasteiger partial charge on any atom is 0.249 e. The van der Waals surface area contributed by atoms with Gasteiger partial charge in [0.2, 0.25) is 5.91 Å². The van der Waals surface area contributed by atoms with E-state index in [2.05, 4.69) is 4.98 Å². The highest BCUT2D eigenvalue weighted by atomic mass is 19.1. The molecule has 0 bridgehead atoms. The molecule has 2 aromatic rings. The average Bonchev–Trinajstić information content (AvgIpc) is 2.73. The summed E-state index contributed by atoms with van der Waals surface area (Å²) in [7, 11) is 0. The van der Waals surface area contributed by atoms with Crippen molar-refractivity contribution in [3.63, 3.8) is 0 Å². The van der Waals surface area contributed by atoms with E-state index in [1.165, 1.54) is 6.07 Å². The summed E-state index contributed by atoms with van der Waals surface area (Å²) in [5, 5.41) is 0. The fourth-order valence-electron chi connectivity index (χ4n) is 1.71. The number of carbonyl (C=O) groups excluding carboxylic acids is 1. The number of aromatic amines is 1. The number of amides is 1. The van der Waals surface area contributed by atoms with Crippen LogP contribution in [0.25, 0.3) is 11.3 Å². The Kier molecular flexibility index (Phi) is 2.48. The molecule has 0 aliphatic rings. The van der Waals surface area contributed by atoms with Crippen LogP contribution in [0.2, 0.25) is 0 Å². The first-order chi connectivity index (χ1) is 7.59. The molecule has 0 saturated carbocycles. The minimum Gasteiger partial charge on any atom is -0.366 e. The number of halogens is 1. The van der Waals surface area contributed by atoms with Crippen LogP contribution in [0.1, 0.15) is 15.9 Å². The van der Waals surface area contributed by atoms with Crippen LogP contribution in [0.15, 0.2) is 30.5 Å². The first kappa shape index (κ1) is 10.4. The fourth-order valence-corrected chi connectivity index (χ4v) is 1.71. The van der Waals surface area contributed by atoms with E-state index in [0.29, 0.717) is 11.1 Å². The lowest BCUT2D eigenvalue weighted by Crippen LogP contribution is -2.13. The molecule has 1 aromatic carbocycles. The van der Waals surface area contributed by atoms with Crippen LogP contribution in [-0.2, 0) is 0 Å². The fraction of sp³-hybridized carbons (Fsp3) is 0.0833. The molecular formula is C12H11FN2O. The number of carbonyl (C=O) groups is 1. The Bertz CT molecular complexity index is 532. The van der Waals surface area contributed by atoms with Gasteiger partial charge >= 0.3 is 0 Å². The monoisotopic (exact) mass is 218 g/mol. The van der Waals surface area contributed by atoms with Gasteiger partial charge in [-0.3, -0.25) is 4.79 Å². The van der Waals surface area contributed by atoms with E-state index in [0.717, 1.165) is 11.8 Å². The normalized spacial score (nSPS) is 10.4. The van der Waals surface area contributed by atoms with E-state index in [4.69, 9.17) is 5.73 Å². The van der Waals surface area contributed by atoms with Crippen molar-refractivity contribution in [2.24, 2.45) is 5.73 Å². The molecule has 0 saturated heterocycles. The summed E-state index contributed by atoms with van der Waals surface area (Å²) in [5.41, 5.74) is 7.49. The first-order valence-corrected chi connectivity index (χ1v) is 4.83. The largest absolute Gasteiger partial charge is 0.366 e. The van der Waals surface area contributed by atoms with Crippen LogP contribution >= 0.6 is 0 Å². The Morgan fingerprint density at radius 2 is 2.19 bits per heavy atom. The maximum absolute atomic E-state index is 13.3. The highest BCUT2D eigenvalue weighted by Crippen LogP contribution is 2.25. The van der Waals surface area contributed by atoms with E-state index in [1.54, 1.807) is 13.1 Å². The number of hydrogen-bond donors (Lipinski definition) is 2. The highest BCUT2D eigenvalue weighted by Gasteiger charge is 2.13. The Morgan fingerprint density at radius 1 is 1.44 bits per heavy atom. The minimum absolute atomic E-state index is 0.213. The van der Waals surface area contributed by atoms with Gasteiger partial charge in [0.1, 0.15) is 5.82 Å². The molecule has 16 heavy (non-hydrogen) atoms. The van der Waals surface area contributed by atoms with Crippen molar-refractivity contribution in [2.75, 3.05) is 0 Å². The van der Waals surface area contributed by atoms with Gasteiger partial charge in [-0.25, -0.2) is 4.39 Å². The molecule has 0 spiro atoms. The quantitative estimate of drug-likeness (QED) is 0.797. The summed E-state index contributed by atoms with van der Waals surface area (Å²) < 4.78 is 13.3. The van der Waals surface area contributed by atoms with Crippen LogP contribution < -0.4 is 5.73 Å². The lowest BCUT2D eigenvalue weighted by Gasteiger charge is -2.08. The third-order valence-electron chi connectivity index (χ3n) is 2.53. The number of nitrogens with one attached hydrogen (secondary N) is 1. The predicted molar refractivity (Wildman–Crippen MR) is 59.4 cm³/mol. The number of hydrogen-bond acceptors (Lipinski definition) is 1. The van der Waals surface area contributed by atoms with Gasteiger partial charge in [-0.2, -0.15) is 0 Å². The third-order valence-corrected chi connectivity index (χ3v) is 2.53. The van der Waals surface area contributed by atoms with Crippen LogP contribution in [-0.4, -0.2) is 10.9 Å². The Labute approximate surface area is 92.1 Å². The maximum atomic E-state index is 13.3. The van der Waals surface area contributed by atoms with Gasteiger partial charge < -0.3 is 10.7 Å². The molecule has 82 valence electrons. The average molecular weight is 218 g/mol. The zero-order valence-electron chi connectivity index (χ0n) is 8.75. The van der Waals surface area contributed by atoms with Crippen molar-refractivity contribution in [3.8, 4) is 11.3 Å². The summed E-state index contributed by atoms with van der Waals surface area (Å²) in [4.78, 5) is 14.1. The van der Waals surface area contributed by atoms with Crippen LogP contribution in [0.3, 0.4) is 0 Å². The number of rotatable bonds is 2. The van der Waals surface area contributed by atoms with Gasteiger partial charge in [-0.1, -0.05) is 0 Å². The molecule has 1 amide bonds. The Balaban J connectivity index is 2.67. The number of H-pyrrole nitrogens is 1. The SMILES string of the molecule is Cc1c(C(N)=O)cc(F)cc1-c1ccc[nH]1. The van der Waals surface area contributed by atoms with Gasteiger partial charge in [0.25, 0.3) is 0 Å². The Hall–Kier alpha value is -2.10. The van der Waals surface area contributed by atoms with Crippen molar-refractivity contribution in [2.45, 2.75) is 6.92 Å². The third kappa shape index (κ3) is 1.69. The number of nitrogens with two attached hydrogens (primary N) is 1. The topological polar surface area (TPSA) is 58.9 Å². The second-order valence-electron chi connectivity index (χ2n) is 3.57. The molecule has 0 atom stereocenters. The summed E-state index contributed by atoms with van der Waals surface area (Å²) in [5.74, 6) is -1.09. The number of benzene rings is 1. The summed E-state index contributed by atoms with van der Waals surface area (Å²) in [6.45, 7) is 1.75. The molecule has 0 aliphatic heterocycles. The summed E-state index contributed by atoms with van der Waals surface area (Å²) in [6.07, 6.45) is 1.74. The van der Waals surface area contributed by atoms with E-state index in [9.17, 15) is 9.18 Å². The van der Waals surface area contributed by atoms with E-state index < -0.39 is 11.7 Å².